The number of anilines is 1. The van der Waals surface area contributed by atoms with E-state index in [1.807, 2.05) is 12.3 Å². The first kappa shape index (κ1) is 12.3. The summed E-state index contributed by atoms with van der Waals surface area (Å²) in [7, 11) is 0. The Bertz CT molecular complexity index is 350. The second-order valence-corrected chi connectivity index (χ2v) is 4.95. The van der Waals surface area contributed by atoms with Gasteiger partial charge >= 0.3 is 0 Å². The third kappa shape index (κ3) is 3.41. The fourth-order valence-electron chi connectivity index (χ4n) is 1.98. The second kappa shape index (κ2) is 5.47. The second-order valence-electron chi connectivity index (χ2n) is 4.95. The van der Waals surface area contributed by atoms with E-state index in [0.717, 1.165) is 25.3 Å². The summed E-state index contributed by atoms with van der Waals surface area (Å²) in [4.78, 5) is 6.58. The molecular formula is C13H21N3O. The first-order valence-corrected chi connectivity index (χ1v) is 6.26. The van der Waals surface area contributed by atoms with Crippen LogP contribution in [-0.2, 0) is 6.54 Å². The smallest absolute Gasteiger partial charge is 0.128 e. The third-order valence-corrected chi connectivity index (χ3v) is 3.01. The highest BCUT2D eigenvalue weighted by molar-refractivity contribution is 5.40. The Labute approximate surface area is 103 Å². The summed E-state index contributed by atoms with van der Waals surface area (Å²) >= 11 is 0. The molecule has 0 bridgehead atoms. The van der Waals surface area contributed by atoms with Crippen LogP contribution in [0.4, 0.5) is 5.82 Å². The molecule has 0 spiro atoms. The van der Waals surface area contributed by atoms with Crippen LogP contribution >= 0.6 is 0 Å². The minimum Gasteiger partial charge on any atom is -0.391 e. The molecule has 1 aromatic heterocycles. The van der Waals surface area contributed by atoms with Gasteiger partial charge in [0.1, 0.15) is 5.82 Å². The highest BCUT2D eigenvalue weighted by atomic mass is 16.3. The third-order valence-electron chi connectivity index (χ3n) is 3.01. The molecule has 94 valence electrons. The number of β-amino-alcohol motifs (C(OH)–C–C–N with tert-alkyl or cyclic N) is 1. The van der Waals surface area contributed by atoms with Gasteiger partial charge in [-0.15, -0.1) is 0 Å². The van der Waals surface area contributed by atoms with E-state index >= 15 is 0 Å². The monoisotopic (exact) mass is 235 g/mol. The van der Waals surface area contributed by atoms with Crippen molar-refractivity contribution in [3.05, 3.63) is 23.9 Å². The van der Waals surface area contributed by atoms with E-state index < -0.39 is 0 Å². The zero-order valence-electron chi connectivity index (χ0n) is 10.6. The van der Waals surface area contributed by atoms with Crippen molar-refractivity contribution >= 4 is 5.82 Å². The number of rotatable bonds is 4. The molecule has 0 aromatic carbocycles. The number of aliphatic hydroxyl groups excluding tert-OH is 1. The zero-order chi connectivity index (χ0) is 12.3. The summed E-state index contributed by atoms with van der Waals surface area (Å²) in [5, 5.41) is 12.8. The number of aliphatic hydroxyl groups is 1. The van der Waals surface area contributed by atoms with E-state index in [1.165, 1.54) is 5.56 Å². The van der Waals surface area contributed by atoms with Gasteiger partial charge < -0.3 is 15.3 Å². The molecule has 1 atom stereocenters. The molecule has 2 rings (SSSR count). The van der Waals surface area contributed by atoms with Gasteiger partial charge in [0.2, 0.25) is 0 Å². The van der Waals surface area contributed by atoms with Gasteiger partial charge in [0.25, 0.3) is 0 Å². The maximum Gasteiger partial charge on any atom is 0.128 e. The molecule has 1 aromatic rings. The lowest BCUT2D eigenvalue weighted by Crippen LogP contribution is -2.23. The topological polar surface area (TPSA) is 48.4 Å². The number of hydrogen-bond donors (Lipinski definition) is 2. The van der Waals surface area contributed by atoms with Gasteiger partial charge in [0.05, 0.1) is 6.10 Å². The van der Waals surface area contributed by atoms with E-state index in [4.69, 9.17) is 0 Å². The van der Waals surface area contributed by atoms with Crippen molar-refractivity contribution in [3.8, 4) is 0 Å². The van der Waals surface area contributed by atoms with Crippen LogP contribution in [0.2, 0.25) is 0 Å². The Balaban J connectivity index is 1.93. The van der Waals surface area contributed by atoms with E-state index in [-0.39, 0.29) is 6.10 Å². The van der Waals surface area contributed by atoms with E-state index in [9.17, 15) is 5.11 Å². The first-order chi connectivity index (χ1) is 8.15. The van der Waals surface area contributed by atoms with Crippen LogP contribution in [0.5, 0.6) is 0 Å². The summed E-state index contributed by atoms with van der Waals surface area (Å²) in [5.74, 6) is 0.967. The summed E-state index contributed by atoms with van der Waals surface area (Å²) in [6, 6.07) is 4.63. The van der Waals surface area contributed by atoms with Crippen molar-refractivity contribution in [1.29, 1.82) is 0 Å². The summed E-state index contributed by atoms with van der Waals surface area (Å²) in [6.07, 6.45) is 2.56. The van der Waals surface area contributed by atoms with Crippen LogP contribution in [0, 0.1) is 0 Å². The minimum atomic E-state index is -0.195. The lowest BCUT2D eigenvalue weighted by Gasteiger charge is -2.16. The molecule has 1 saturated heterocycles. The van der Waals surface area contributed by atoms with Gasteiger partial charge in [-0.3, -0.25) is 0 Å². The Kier molecular flexibility index (Phi) is 3.97. The Morgan fingerprint density at radius 1 is 1.53 bits per heavy atom. The lowest BCUT2D eigenvalue weighted by molar-refractivity contribution is 0.198. The standard InChI is InChI=1S/C13H21N3O/c1-10(2)14-7-11-3-4-13(15-8-11)16-6-5-12(17)9-16/h3-4,8,10,12,14,17H,5-7,9H2,1-2H3. The molecule has 0 radical (unpaired) electrons. The lowest BCUT2D eigenvalue weighted by atomic mass is 10.2. The Morgan fingerprint density at radius 2 is 2.35 bits per heavy atom. The predicted octanol–water partition coefficient (Wildman–Crippen LogP) is 1.15. The molecule has 4 heteroatoms. The van der Waals surface area contributed by atoms with Crippen molar-refractivity contribution < 1.29 is 5.11 Å². The van der Waals surface area contributed by atoms with Crippen LogP contribution in [0.25, 0.3) is 0 Å². The SMILES string of the molecule is CC(C)NCc1ccc(N2CCC(O)C2)nc1. The van der Waals surface area contributed by atoms with Crippen molar-refractivity contribution in [3.63, 3.8) is 0 Å². The molecule has 0 aliphatic carbocycles. The molecule has 1 unspecified atom stereocenters. The van der Waals surface area contributed by atoms with Crippen molar-refractivity contribution in [2.75, 3.05) is 18.0 Å². The fraction of sp³-hybridized carbons (Fsp3) is 0.615. The van der Waals surface area contributed by atoms with Crippen molar-refractivity contribution in [2.45, 2.75) is 39.0 Å². The van der Waals surface area contributed by atoms with Crippen LogP contribution in [0.3, 0.4) is 0 Å². The number of nitrogens with zero attached hydrogens (tertiary/aromatic N) is 2. The van der Waals surface area contributed by atoms with Gasteiger partial charge in [-0.1, -0.05) is 19.9 Å². The van der Waals surface area contributed by atoms with E-state index in [1.54, 1.807) is 0 Å². The average molecular weight is 235 g/mol. The highest BCUT2D eigenvalue weighted by Gasteiger charge is 2.20. The van der Waals surface area contributed by atoms with Gasteiger partial charge in [0.15, 0.2) is 0 Å². The van der Waals surface area contributed by atoms with Crippen LogP contribution in [0.1, 0.15) is 25.8 Å². The quantitative estimate of drug-likeness (QED) is 0.822. The van der Waals surface area contributed by atoms with Gasteiger partial charge in [-0.25, -0.2) is 4.98 Å². The molecule has 2 heterocycles. The van der Waals surface area contributed by atoms with Gasteiger partial charge in [-0.05, 0) is 18.1 Å². The van der Waals surface area contributed by atoms with Crippen LogP contribution in [0.15, 0.2) is 18.3 Å². The minimum absolute atomic E-state index is 0.195. The van der Waals surface area contributed by atoms with Crippen molar-refractivity contribution in [1.82, 2.24) is 10.3 Å². The fourth-order valence-corrected chi connectivity index (χ4v) is 1.98. The van der Waals surface area contributed by atoms with E-state index in [2.05, 4.69) is 35.1 Å². The summed E-state index contributed by atoms with van der Waals surface area (Å²) < 4.78 is 0. The molecule has 1 aliphatic heterocycles. The van der Waals surface area contributed by atoms with Crippen LogP contribution in [-0.4, -0.2) is 35.3 Å². The summed E-state index contributed by atoms with van der Waals surface area (Å²) in [6.45, 7) is 6.72. The normalized spacial score (nSPS) is 20.2. The number of pyridine rings is 1. The first-order valence-electron chi connectivity index (χ1n) is 6.26. The maximum atomic E-state index is 9.48. The molecule has 0 saturated carbocycles. The highest BCUT2D eigenvalue weighted by Crippen LogP contribution is 2.17. The number of aromatic nitrogens is 1. The molecule has 2 N–H and O–H groups in total. The average Bonchev–Trinajstić information content (AvgIpc) is 2.74. The maximum absolute atomic E-state index is 9.48. The van der Waals surface area contributed by atoms with Crippen molar-refractivity contribution in [2.24, 2.45) is 0 Å². The molecule has 0 amide bonds. The molecule has 1 fully saturated rings. The van der Waals surface area contributed by atoms with Gasteiger partial charge in [-0.2, -0.15) is 0 Å². The predicted molar refractivity (Wildman–Crippen MR) is 69.0 cm³/mol. The zero-order valence-corrected chi connectivity index (χ0v) is 10.6. The Hall–Kier alpha value is -1.13. The molecule has 4 nitrogen and oxygen atoms in total. The molecule has 17 heavy (non-hydrogen) atoms. The number of nitrogens with one attached hydrogen (secondary N) is 1. The molecule has 1 aliphatic rings. The summed E-state index contributed by atoms with van der Waals surface area (Å²) in [5.41, 5.74) is 1.20. The largest absolute Gasteiger partial charge is 0.391 e. The molecular weight excluding hydrogens is 214 g/mol. The number of hydrogen-bond acceptors (Lipinski definition) is 4. The Morgan fingerprint density at radius 3 is 2.88 bits per heavy atom. The van der Waals surface area contributed by atoms with Gasteiger partial charge in [0, 0.05) is 31.9 Å². The van der Waals surface area contributed by atoms with Crippen LogP contribution < -0.4 is 10.2 Å². The van der Waals surface area contributed by atoms with E-state index in [0.29, 0.717) is 12.6 Å².